The van der Waals surface area contributed by atoms with Crippen molar-refractivity contribution in [1.29, 1.82) is 0 Å². The number of aryl methyl sites for hydroxylation is 3. The van der Waals surface area contributed by atoms with Crippen molar-refractivity contribution >= 4 is 11.0 Å². The highest BCUT2D eigenvalue weighted by Crippen LogP contribution is 2.40. The number of hydrogen-bond donors (Lipinski definition) is 0. The number of nitrogens with zero attached hydrogens (tertiary/aromatic N) is 3. The number of methoxy groups -OCH3 is 1. The summed E-state index contributed by atoms with van der Waals surface area (Å²) in [7, 11) is 1.75. The molecule has 0 radical (unpaired) electrons. The van der Waals surface area contributed by atoms with Crippen LogP contribution in [-0.2, 0) is 11.2 Å². The van der Waals surface area contributed by atoms with E-state index < -0.39 is 0 Å². The van der Waals surface area contributed by atoms with Crippen LogP contribution >= 0.6 is 0 Å². The van der Waals surface area contributed by atoms with Crippen LogP contribution in [-0.4, -0.2) is 28.3 Å². The van der Waals surface area contributed by atoms with Crippen molar-refractivity contribution < 1.29 is 4.74 Å². The predicted octanol–water partition coefficient (Wildman–Crippen LogP) is 5.36. The lowest BCUT2D eigenvalue weighted by atomic mass is 10.0. The molecule has 3 heterocycles. The third kappa shape index (κ3) is 3.27. The number of fused-ring (bicyclic) bond motifs is 1. The van der Waals surface area contributed by atoms with Gasteiger partial charge in [-0.15, -0.1) is 0 Å². The van der Waals surface area contributed by atoms with E-state index in [0.717, 1.165) is 17.6 Å². The molecule has 1 fully saturated rings. The Morgan fingerprint density at radius 3 is 2.63 bits per heavy atom. The summed E-state index contributed by atoms with van der Waals surface area (Å²) in [6, 6.07) is 6.99. The fraction of sp³-hybridized carbons (Fsp3) is 0.478. The van der Waals surface area contributed by atoms with E-state index in [9.17, 15) is 0 Å². The van der Waals surface area contributed by atoms with Gasteiger partial charge in [-0.25, -0.2) is 4.98 Å². The molecule has 1 atom stereocenters. The van der Waals surface area contributed by atoms with Crippen LogP contribution in [0.4, 0.5) is 0 Å². The zero-order valence-corrected chi connectivity index (χ0v) is 17.0. The summed E-state index contributed by atoms with van der Waals surface area (Å²) in [6.45, 7) is 9.35. The first-order valence-electron chi connectivity index (χ1n) is 10.0. The van der Waals surface area contributed by atoms with Crippen molar-refractivity contribution in [2.24, 2.45) is 0 Å². The van der Waals surface area contributed by atoms with Gasteiger partial charge in [0.1, 0.15) is 0 Å². The quantitative estimate of drug-likeness (QED) is 0.592. The highest BCUT2D eigenvalue weighted by atomic mass is 16.5. The van der Waals surface area contributed by atoms with E-state index in [2.05, 4.69) is 56.7 Å². The number of ether oxygens (including phenoxy) is 1. The molecule has 0 bridgehead atoms. The summed E-state index contributed by atoms with van der Waals surface area (Å²) < 4.78 is 7.64. The van der Waals surface area contributed by atoms with Crippen molar-refractivity contribution in [3.63, 3.8) is 0 Å². The lowest BCUT2D eigenvalue weighted by molar-refractivity contribution is 0.164. The second kappa shape index (κ2) is 7.08. The van der Waals surface area contributed by atoms with Crippen molar-refractivity contribution in [3.05, 3.63) is 46.9 Å². The van der Waals surface area contributed by atoms with E-state index in [1.54, 1.807) is 7.11 Å². The molecule has 4 rings (SSSR count). The Morgan fingerprint density at radius 1 is 1.19 bits per heavy atom. The molecule has 0 aliphatic heterocycles. The Bertz CT molecular complexity index is 985. The molecular weight excluding hydrogens is 334 g/mol. The van der Waals surface area contributed by atoms with Crippen molar-refractivity contribution in [3.8, 4) is 11.3 Å². The van der Waals surface area contributed by atoms with Crippen molar-refractivity contribution in [2.45, 2.75) is 58.9 Å². The standard InChI is InChI=1S/C23H29N3O/c1-6-19-18(9-10-20(24-19)17-7-8-17)22-14(2)11-21-23(25-22)15(3)12-26(21)16(4)13-27-5/h9-12,16-17H,6-8,13H2,1-5H3/t16-/m0/s1. The summed E-state index contributed by atoms with van der Waals surface area (Å²) >= 11 is 0. The smallest absolute Gasteiger partial charge is 0.0917 e. The first kappa shape index (κ1) is 18.2. The Hall–Kier alpha value is -2.20. The normalized spacial score (nSPS) is 15.4. The number of aromatic nitrogens is 3. The minimum Gasteiger partial charge on any atom is -0.383 e. The Balaban J connectivity index is 1.83. The average molecular weight is 364 g/mol. The van der Waals surface area contributed by atoms with Gasteiger partial charge in [0, 0.05) is 36.2 Å². The molecule has 27 heavy (non-hydrogen) atoms. The van der Waals surface area contributed by atoms with E-state index in [1.807, 2.05) is 0 Å². The molecule has 0 spiro atoms. The van der Waals surface area contributed by atoms with Crippen LogP contribution in [0.3, 0.4) is 0 Å². The minimum absolute atomic E-state index is 0.281. The highest BCUT2D eigenvalue weighted by Gasteiger charge is 2.26. The molecule has 1 aliphatic rings. The van der Waals surface area contributed by atoms with Crippen LogP contribution in [0.5, 0.6) is 0 Å². The third-order valence-corrected chi connectivity index (χ3v) is 5.64. The molecule has 0 amide bonds. The first-order chi connectivity index (χ1) is 13.0. The van der Waals surface area contributed by atoms with Gasteiger partial charge in [0.2, 0.25) is 0 Å². The fourth-order valence-electron chi connectivity index (χ4n) is 3.99. The number of rotatable bonds is 6. The molecular formula is C23H29N3O. The largest absolute Gasteiger partial charge is 0.383 e. The fourth-order valence-corrected chi connectivity index (χ4v) is 3.99. The molecule has 4 heteroatoms. The highest BCUT2D eigenvalue weighted by molar-refractivity contribution is 5.84. The SMILES string of the molecule is CCc1nc(C2CC2)ccc1-c1nc2c(C)cn([C@@H](C)COC)c2cc1C. The van der Waals surface area contributed by atoms with Gasteiger partial charge in [0.15, 0.2) is 0 Å². The molecule has 1 saturated carbocycles. The van der Waals surface area contributed by atoms with E-state index in [1.165, 1.54) is 46.4 Å². The molecule has 142 valence electrons. The van der Waals surface area contributed by atoms with Crippen LogP contribution < -0.4 is 0 Å². The maximum absolute atomic E-state index is 5.36. The predicted molar refractivity (Wildman–Crippen MR) is 110 cm³/mol. The second-order valence-electron chi connectivity index (χ2n) is 7.90. The molecule has 0 saturated heterocycles. The Morgan fingerprint density at radius 2 is 1.96 bits per heavy atom. The van der Waals surface area contributed by atoms with Crippen molar-refractivity contribution in [2.75, 3.05) is 13.7 Å². The topological polar surface area (TPSA) is 39.9 Å². The van der Waals surface area contributed by atoms with Crippen molar-refractivity contribution in [1.82, 2.24) is 14.5 Å². The van der Waals surface area contributed by atoms with Gasteiger partial charge >= 0.3 is 0 Å². The maximum Gasteiger partial charge on any atom is 0.0917 e. The van der Waals surface area contributed by atoms with Gasteiger partial charge in [-0.1, -0.05) is 6.92 Å². The molecule has 3 aromatic rings. The van der Waals surface area contributed by atoms with Gasteiger partial charge in [-0.3, -0.25) is 4.98 Å². The van der Waals surface area contributed by atoms with Crippen LogP contribution in [0.15, 0.2) is 24.4 Å². The molecule has 0 unspecified atom stereocenters. The Labute approximate surface area is 161 Å². The molecule has 4 nitrogen and oxygen atoms in total. The van der Waals surface area contributed by atoms with Crippen LogP contribution in [0.1, 0.15) is 61.2 Å². The van der Waals surface area contributed by atoms with Gasteiger partial charge in [0.25, 0.3) is 0 Å². The lowest BCUT2D eigenvalue weighted by Crippen LogP contribution is -2.10. The van der Waals surface area contributed by atoms with Crippen LogP contribution in [0, 0.1) is 13.8 Å². The zero-order chi connectivity index (χ0) is 19.1. The Kier molecular flexibility index (Phi) is 4.77. The lowest BCUT2D eigenvalue weighted by Gasteiger charge is -2.15. The zero-order valence-electron chi connectivity index (χ0n) is 17.0. The van der Waals surface area contributed by atoms with Gasteiger partial charge in [-0.05, 0) is 69.4 Å². The molecule has 1 aliphatic carbocycles. The van der Waals surface area contributed by atoms with Gasteiger partial charge < -0.3 is 9.30 Å². The minimum atomic E-state index is 0.281. The third-order valence-electron chi connectivity index (χ3n) is 5.64. The summed E-state index contributed by atoms with van der Waals surface area (Å²) in [4.78, 5) is 10.1. The summed E-state index contributed by atoms with van der Waals surface area (Å²) in [5.41, 5.74) is 9.32. The van der Waals surface area contributed by atoms with E-state index in [-0.39, 0.29) is 6.04 Å². The molecule has 0 aromatic carbocycles. The monoisotopic (exact) mass is 363 g/mol. The van der Waals surface area contributed by atoms with E-state index in [4.69, 9.17) is 14.7 Å². The van der Waals surface area contributed by atoms with Crippen LogP contribution in [0.25, 0.3) is 22.3 Å². The van der Waals surface area contributed by atoms with E-state index in [0.29, 0.717) is 12.5 Å². The second-order valence-corrected chi connectivity index (χ2v) is 7.90. The van der Waals surface area contributed by atoms with E-state index >= 15 is 0 Å². The molecule has 3 aromatic heterocycles. The summed E-state index contributed by atoms with van der Waals surface area (Å²) in [5.74, 6) is 0.680. The summed E-state index contributed by atoms with van der Waals surface area (Å²) in [6.07, 6.45) is 5.69. The van der Waals surface area contributed by atoms with Gasteiger partial charge in [0.05, 0.1) is 29.4 Å². The maximum atomic E-state index is 5.36. The summed E-state index contributed by atoms with van der Waals surface area (Å²) in [5, 5.41) is 0. The number of hydrogen-bond acceptors (Lipinski definition) is 3. The first-order valence-corrected chi connectivity index (χ1v) is 10.0. The average Bonchev–Trinajstić information content (AvgIpc) is 3.46. The number of pyridine rings is 2. The van der Waals surface area contributed by atoms with Crippen LogP contribution in [0.2, 0.25) is 0 Å². The molecule has 0 N–H and O–H groups in total. The van der Waals surface area contributed by atoms with Gasteiger partial charge in [-0.2, -0.15) is 0 Å².